The first-order valence-corrected chi connectivity index (χ1v) is 41.8. The van der Waals surface area contributed by atoms with E-state index in [1.165, 1.54) is 39.5 Å². The summed E-state index contributed by atoms with van der Waals surface area (Å²) in [7, 11) is 1.00. The highest BCUT2D eigenvalue weighted by atomic mass is 35.5. The summed E-state index contributed by atoms with van der Waals surface area (Å²) in [6, 6.07) is 35.9. The number of amides is 4. The molecule has 0 aliphatic carbocycles. The Morgan fingerprint density at radius 1 is 0.435 bits per heavy atom. The fraction of sp³-hybridized carbons (Fsp3) is 0.495. The molecular weight excluding hydrogens is 1640 g/mol. The van der Waals surface area contributed by atoms with Crippen LogP contribution in [0.15, 0.2) is 215 Å². The summed E-state index contributed by atoms with van der Waals surface area (Å²) in [4.78, 5) is 111. The van der Waals surface area contributed by atoms with Crippen LogP contribution in [0.1, 0.15) is 276 Å². The third-order valence-corrected chi connectivity index (χ3v) is 15.8. The van der Waals surface area contributed by atoms with E-state index in [0.29, 0.717) is 13.0 Å². The first-order chi connectivity index (χ1) is 57.3. The summed E-state index contributed by atoms with van der Waals surface area (Å²) in [5, 5.41) is 34.0. The summed E-state index contributed by atoms with van der Waals surface area (Å²) in [6.07, 6.45) is 22.9. The van der Waals surface area contributed by atoms with E-state index in [0.717, 1.165) is 97.8 Å². The molecule has 24 nitrogen and oxygen atoms in total. The third kappa shape index (κ3) is 81.9. The van der Waals surface area contributed by atoms with Gasteiger partial charge in [-0.25, -0.2) is 14.4 Å². The zero-order valence-corrected chi connectivity index (χ0v) is 80.7. The van der Waals surface area contributed by atoms with E-state index >= 15 is 0 Å². The Balaban J connectivity index is -0.000000275. The number of aliphatic hydroxyl groups is 2. The van der Waals surface area contributed by atoms with Gasteiger partial charge in [0.15, 0.2) is 6.04 Å². The van der Waals surface area contributed by atoms with Gasteiger partial charge in [0.25, 0.3) is 5.91 Å². The first-order valence-electron chi connectivity index (χ1n) is 41.2. The predicted octanol–water partition coefficient (Wildman–Crippen LogP) is 12.4. The minimum absolute atomic E-state index is 0. The lowest BCUT2D eigenvalue weighted by molar-refractivity contribution is -0.425. The molecule has 698 valence electrons. The number of ether oxygens (including phenoxy) is 5. The highest BCUT2D eigenvalue weighted by Gasteiger charge is 2.27. The van der Waals surface area contributed by atoms with Crippen molar-refractivity contribution >= 4 is 65.6 Å². The molecule has 0 aliphatic rings. The number of carboxylic acids is 1. The number of carboxylic acid groups (broad SMARTS) is 1. The number of esters is 3. The molecule has 4 aromatic rings. The second-order valence-corrected chi connectivity index (χ2v) is 31.7. The molecule has 27 heteroatoms. The summed E-state index contributed by atoms with van der Waals surface area (Å²) < 4.78 is 26.4. The van der Waals surface area contributed by atoms with E-state index in [-0.39, 0.29) is 99.7 Å². The lowest BCUT2D eigenvalue weighted by Gasteiger charge is -2.23. The van der Waals surface area contributed by atoms with Crippen molar-refractivity contribution in [3.05, 3.63) is 237 Å². The Morgan fingerprint density at radius 3 is 0.984 bits per heavy atom. The third-order valence-electron chi connectivity index (χ3n) is 15.8. The Kier molecular flexibility index (Phi) is 81.3. The quantitative estimate of drug-likeness (QED) is 0.00679. The van der Waals surface area contributed by atoms with Crippen molar-refractivity contribution in [3.63, 3.8) is 0 Å². The van der Waals surface area contributed by atoms with Gasteiger partial charge in [-0.3, -0.25) is 24.0 Å². The van der Waals surface area contributed by atoms with Crippen molar-refractivity contribution in [1.82, 2.24) is 21.3 Å². The number of hydrogen-bond acceptors (Lipinski definition) is 17. The minimum Gasteiger partial charge on any atom is -1.00 e. The molecule has 6 atom stereocenters. The van der Waals surface area contributed by atoms with E-state index in [1.54, 1.807) is 41.5 Å². The number of nitrogens with one attached hydrogen (secondary N) is 4. The Morgan fingerprint density at radius 2 is 0.702 bits per heavy atom. The summed E-state index contributed by atoms with van der Waals surface area (Å²) in [6.45, 7) is 45.1. The van der Waals surface area contributed by atoms with Crippen molar-refractivity contribution in [2.45, 2.75) is 277 Å². The Bertz CT molecular complexity index is 3830. The number of alkyl halides is 1. The van der Waals surface area contributed by atoms with E-state index in [1.807, 2.05) is 209 Å². The number of rotatable bonds is 35. The molecule has 0 bridgehead atoms. The number of aliphatic carboxylic acids is 1. The number of carbonyl (C=O) groups excluding carboxylic acids is 9. The normalized spacial score (nSPS) is 12.0. The molecular formula is C97H151Cl3N6O18. The van der Waals surface area contributed by atoms with Crippen molar-refractivity contribution < 1.29 is 123 Å². The van der Waals surface area contributed by atoms with Crippen molar-refractivity contribution in [3.8, 4) is 0 Å². The van der Waals surface area contributed by atoms with Gasteiger partial charge in [-0.15, -0.1) is 11.6 Å². The van der Waals surface area contributed by atoms with Crippen LogP contribution in [0.3, 0.4) is 0 Å². The number of alkyl carbamates (subject to hydrolysis) is 2. The number of benzene rings is 4. The molecule has 0 saturated heterocycles. The molecule has 4 amide bonds. The summed E-state index contributed by atoms with van der Waals surface area (Å²) in [5.74, 6) is -1.71. The number of allylic oxidation sites excluding steroid dienone is 12. The highest BCUT2D eigenvalue weighted by molar-refractivity contribution is 6.17. The SMILES string of the molecule is CC(C)=CCC/C(C)=C/C(=O)O.CC(C)=CCC/C(C)=C/COC(=O)C[C@@H](NC(=O)[C@@H](C)NC(=O)OC(C)(C)C)c1ccccc1.CC(C)=CCC/C(C)=C/COC(=O)C[C@@H](NC(=O)[C@@H](C)[NH3+])c1ccccc1.CC(C)=CCC/C(C)=C/COC(=O)C[C@@H]([NH3+])c1ccccc1.CCCl.CCO.CO.C[C@@H](NC(=O)OC(C)(C)C)c1ccccc1.O=C=O.[Cl-].[Cl-]. The molecule has 0 unspecified atom stereocenters. The minimum atomic E-state index is -0.857. The number of aliphatic hydroxyl groups excluding tert-OH is 2. The van der Waals surface area contributed by atoms with Crippen LogP contribution in [0.4, 0.5) is 9.59 Å². The molecule has 0 fully saturated rings. The predicted molar refractivity (Wildman–Crippen MR) is 488 cm³/mol. The zero-order valence-electron chi connectivity index (χ0n) is 78.5. The van der Waals surface area contributed by atoms with Crippen LogP contribution in [0.25, 0.3) is 0 Å². The Labute approximate surface area is 759 Å². The highest BCUT2D eigenvalue weighted by Crippen LogP contribution is 2.22. The van der Waals surface area contributed by atoms with Gasteiger partial charge in [-0.2, -0.15) is 9.59 Å². The van der Waals surface area contributed by atoms with Crippen LogP contribution >= 0.6 is 11.6 Å². The molecule has 0 aromatic heterocycles. The summed E-state index contributed by atoms with van der Waals surface area (Å²) >= 11 is 5.00. The lowest BCUT2D eigenvalue weighted by atomic mass is 10.0. The van der Waals surface area contributed by atoms with Gasteiger partial charge in [0.05, 0.1) is 31.0 Å². The second-order valence-electron chi connectivity index (χ2n) is 31.2. The van der Waals surface area contributed by atoms with Gasteiger partial charge in [-0.1, -0.05) is 197 Å². The monoisotopic (exact) mass is 1790 g/mol. The van der Waals surface area contributed by atoms with Gasteiger partial charge in [0.1, 0.15) is 49.5 Å². The van der Waals surface area contributed by atoms with Gasteiger partial charge in [-0.05, 0) is 239 Å². The van der Waals surface area contributed by atoms with Crippen molar-refractivity contribution in [2.24, 2.45) is 0 Å². The molecule has 124 heavy (non-hydrogen) atoms. The van der Waals surface area contributed by atoms with E-state index in [9.17, 15) is 38.4 Å². The standard InChI is InChI=1S/C27H40N2O5.C22H32N2O3.C19H27NO2.C13H19NO2.C10H16O2.C2H5Cl.C2H6O.CO2.CH4O.2ClH/c1-19(2)12-11-13-20(3)16-17-33-24(30)18-23(22-14-9-8-10-15-22)29-25(31)21(4)28-26(32)34-27(5,6)7;1-16(2)9-8-10-17(3)13-14-27-21(25)15-20(24-22(26)18(4)23)19-11-6-5-7-12-19;1-15(2)8-7-9-16(3)12-13-22-19(21)14-18(20)17-10-5-4-6-11-17;1-10(11-8-6-5-7-9-11)14-12(15)16-13(2,3)4;1-8(2)5-4-6-9(3)7-10(11)12;2*1-2-3;2-1-3;1-2;;/h8-10,12,14-16,21,23H,11,13,17-18H2,1-7H3,(H,28,32)(H,29,31);5-7,9,11-13,18,20H,8,10,14-15,23H2,1-4H3,(H,24,26);4-6,8,10-12,18H,7,9,13-14,20H2,1-3H3;5-10H,1-4H3,(H,14,15);5,7H,4,6H2,1-3H3,(H,11,12);2H2,1H3;3H,2H2,1H3;;2H,1H3;2*1H/b20-16+;17-13+;16-12+;;9-7+;;;;;;/t21-,23-;18-,20-;18-;10-;;;;;;;/m1111......./s1. The van der Waals surface area contributed by atoms with Gasteiger partial charge < -0.3 is 96.6 Å². The van der Waals surface area contributed by atoms with Gasteiger partial charge in [0.2, 0.25) is 5.91 Å². The second kappa shape index (κ2) is 79.2. The van der Waals surface area contributed by atoms with E-state index in [4.69, 9.17) is 60.2 Å². The molecule has 0 radical (unpaired) electrons. The molecule has 0 spiro atoms. The topological polar surface area (TPSA) is 381 Å². The smallest absolute Gasteiger partial charge is 0.408 e. The molecule has 0 heterocycles. The van der Waals surface area contributed by atoms with E-state index in [2.05, 4.69) is 106 Å². The fourth-order valence-corrected chi connectivity index (χ4v) is 9.67. The van der Waals surface area contributed by atoms with E-state index < -0.39 is 59.3 Å². The van der Waals surface area contributed by atoms with Crippen LogP contribution in [0, 0.1) is 0 Å². The largest absolute Gasteiger partial charge is 1.00 e. The van der Waals surface area contributed by atoms with Crippen molar-refractivity contribution in [2.75, 3.05) is 39.4 Å². The molecule has 13 N–H and O–H groups in total. The maximum absolute atomic E-state index is 12.7. The number of carbonyl (C=O) groups is 8. The van der Waals surface area contributed by atoms with Gasteiger partial charge in [0, 0.05) is 31.2 Å². The molecule has 0 aliphatic heterocycles. The molecule has 4 aromatic carbocycles. The van der Waals surface area contributed by atoms with Crippen LogP contribution in [0.2, 0.25) is 0 Å². The molecule has 0 saturated carbocycles. The lowest BCUT2D eigenvalue weighted by Crippen LogP contribution is -3.00. The first kappa shape index (κ1) is 127. The number of halogens is 3. The van der Waals surface area contributed by atoms with Crippen LogP contribution in [-0.4, -0.2) is 132 Å². The molecule has 4 rings (SSSR count). The van der Waals surface area contributed by atoms with Gasteiger partial charge >= 0.3 is 42.2 Å². The van der Waals surface area contributed by atoms with Crippen LogP contribution < -0.4 is 57.5 Å². The maximum Gasteiger partial charge on any atom is 0.408 e. The van der Waals surface area contributed by atoms with Crippen molar-refractivity contribution in [1.29, 1.82) is 0 Å². The van der Waals surface area contributed by atoms with Crippen LogP contribution in [0.5, 0.6) is 0 Å². The maximum atomic E-state index is 12.7. The number of hydrogen-bond donors (Lipinski definition) is 9. The average molecular weight is 1800 g/mol. The number of quaternary nitrogens is 2. The summed E-state index contributed by atoms with van der Waals surface area (Å²) in [5.41, 5.74) is 20.1. The van der Waals surface area contributed by atoms with Crippen LogP contribution in [-0.2, 0) is 62.0 Å². The Hall–Kier alpha value is -9.75. The zero-order chi connectivity index (χ0) is 94.2. The average Bonchev–Trinajstić information content (AvgIpc) is 0.876. The fourth-order valence-electron chi connectivity index (χ4n) is 9.67.